The molecule has 0 heterocycles. The Morgan fingerprint density at radius 3 is 2.41 bits per heavy atom. The quantitative estimate of drug-likeness (QED) is 0.661. The van der Waals surface area contributed by atoms with Crippen LogP contribution in [0, 0.1) is 28.6 Å². The van der Waals surface area contributed by atoms with Crippen molar-refractivity contribution >= 4 is 0 Å². The van der Waals surface area contributed by atoms with Crippen molar-refractivity contribution in [2.75, 3.05) is 7.11 Å². The van der Waals surface area contributed by atoms with E-state index in [1.165, 1.54) is 32.1 Å². The summed E-state index contributed by atoms with van der Waals surface area (Å²) in [6.07, 6.45) is 6.92. The zero-order chi connectivity index (χ0) is 12.5. The number of rotatable bonds is 1. The summed E-state index contributed by atoms with van der Waals surface area (Å²) in [5, 5.41) is 0. The lowest BCUT2D eigenvalue weighted by Crippen LogP contribution is -2.46. The summed E-state index contributed by atoms with van der Waals surface area (Å²) in [7, 11) is 1.94. The van der Waals surface area contributed by atoms with Crippen LogP contribution in [0.3, 0.4) is 0 Å². The SMILES string of the molecule is CO[C@]1(C)CC[C@H]2C(C)(C)[C@H]3C[C@@]21CC[C@H]3C. The Kier molecular flexibility index (Phi) is 2.32. The van der Waals surface area contributed by atoms with Crippen LogP contribution in [0.25, 0.3) is 0 Å². The molecule has 0 aliphatic heterocycles. The Morgan fingerprint density at radius 2 is 1.76 bits per heavy atom. The van der Waals surface area contributed by atoms with Crippen LogP contribution in [0.4, 0.5) is 0 Å². The summed E-state index contributed by atoms with van der Waals surface area (Å²) in [6.45, 7) is 9.94. The predicted molar refractivity (Wildman–Crippen MR) is 70.9 cm³/mol. The lowest BCUT2D eigenvalue weighted by molar-refractivity contribution is -0.104. The van der Waals surface area contributed by atoms with E-state index in [4.69, 9.17) is 4.74 Å². The van der Waals surface area contributed by atoms with Gasteiger partial charge in [-0.05, 0) is 62.2 Å². The molecule has 3 fully saturated rings. The lowest BCUT2D eigenvalue weighted by Gasteiger charge is -2.46. The zero-order valence-corrected chi connectivity index (χ0v) is 12.2. The van der Waals surface area contributed by atoms with E-state index in [2.05, 4.69) is 27.7 Å². The number of hydrogen-bond acceptors (Lipinski definition) is 1. The summed E-state index contributed by atoms with van der Waals surface area (Å²) in [4.78, 5) is 0. The molecule has 0 aromatic carbocycles. The fourth-order valence-corrected chi connectivity index (χ4v) is 6.14. The topological polar surface area (TPSA) is 9.23 Å². The van der Waals surface area contributed by atoms with Gasteiger partial charge in [0, 0.05) is 12.5 Å². The Labute approximate surface area is 106 Å². The third kappa shape index (κ3) is 1.20. The average Bonchev–Trinajstić information content (AvgIpc) is 2.67. The molecule has 2 bridgehead atoms. The van der Waals surface area contributed by atoms with Crippen LogP contribution in [-0.2, 0) is 4.74 Å². The van der Waals surface area contributed by atoms with E-state index in [9.17, 15) is 0 Å². The second kappa shape index (κ2) is 3.29. The predicted octanol–water partition coefficient (Wildman–Crippen LogP) is 4.26. The van der Waals surface area contributed by atoms with Gasteiger partial charge in [0.15, 0.2) is 0 Å². The van der Waals surface area contributed by atoms with Gasteiger partial charge < -0.3 is 4.74 Å². The summed E-state index contributed by atoms with van der Waals surface area (Å²) < 4.78 is 6.02. The molecule has 5 atom stereocenters. The van der Waals surface area contributed by atoms with Crippen molar-refractivity contribution in [3.05, 3.63) is 0 Å². The molecule has 17 heavy (non-hydrogen) atoms. The van der Waals surface area contributed by atoms with E-state index in [1.54, 1.807) is 0 Å². The van der Waals surface area contributed by atoms with E-state index >= 15 is 0 Å². The summed E-state index contributed by atoms with van der Waals surface area (Å²) in [6, 6.07) is 0. The van der Waals surface area contributed by atoms with Crippen LogP contribution in [0.2, 0.25) is 0 Å². The maximum Gasteiger partial charge on any atom is 0.0709 e. The van der Waals surface area contributed by atoms with Gasteiger partial charge >= 0.3 is 0 Å². The van der Waals surface area contributed by atoms with E-state index < -0.39 is 0 Å². The van der Waals surface area contributed by atoms with E-state index in [0.717, 1.165) is 17.8 Å². The number of ether oxygens (including phenoxy) is 1. The first kappa shape index (κ1) is 12.0. The Bertz CT molecular complexity index is 334. The van der Waals surface area contributed by atoms with Crippen LogP contribution in [0.5, 0.6) is 0 Å². The van der Waals surface area contributed by atoms with Crippen LogP contribution in [0.1, 0.15) is 59.8 Å². The molecule has 98 valence electrons. The molecule has 3 aliphatic rings. The van der Waals surface area contributed by atoms with Gasteiger partial charge in [-0.15, -0.1) is 0 Å². The summed E-state index contributed by atoms with van der Waals surface area (Å²) >= 11 is 0. The molecule has 0 unspecified atom stereocenters. The molecule has 3 saturated carbocycles. The molecule has 1 spiro atoms. The van der Waals surface area contributed by atoms with Crippen LogP contribution < -0.4 is 0 Å². The molecule has 0 aromatic heterocycles. The fourth-order valence-electron chi connectivity index (χ4n) is 6.14. The molecule has 1 heteroatoms. The van der Waals surface area contributed by atoms with E-state index in [1.807, 2.05) is 7.11 Å². The number of fused-ring (bicyclic) bond motifs is 1. The number of methoxy groups -OCH3 is 1. The first-order chi connectivity index (χ1) is 7.87. The Morgan fingerprint density at radius 1 is 1.06 bits per heavy atom. The Hall–Kier alpha value is -0.0400. The molecule has 0 amide bonds. The molecule has 3 rings (SSSR count). The van der Waals surface area contributed by atoms with E-state index in [0.29, 0.717) is 10.8 Å². The van der Waals surface area contributed by atoms with Crippen molar-refractivity contribution < 1.29 is 4.74 Å². The third-order valence-electron chi connectivity index (χ3n) is 7.25. The highest BCUT2D eigenvalue weighted by atomic mass is 16.5. The maximum atomic E-state index is 6.02. The normalized spacial score (nSPS) is 55.9. The highest BCUT2D eigenvalue weighted by Crippen LogP contribution is 2.74. The molecule has 3 aliphatic carbocycles. The summed E-state index contributed by atoms with van der Waals surface area (Å²) in [5.41, 5.74) is 1.19. The summed E-state index contributed by atoms with van der Waals surface area (Å²) in [5.74, 6) is 2.74. The zero-order valence-electron chi connectivity index (χ0n) is 12.2. The van der Waals surface area contributed by atoms with Crippen LogP contribution >= 0.6 is 0 Å². The van der Waals surface area contributed by atoms with Crippen molar-refractivity contribution in [1.29, 1.82) is 0 Å². The first-order valence-corrected chi connectivity index (χ1v) is 7.42. The van der Waals surface area contributed by atoms with Gasteiger partial charge in [-0.25, -0.2) is 0 Å². The smallest absolute Gasteiger partial charge is 0.0709 e. The minimum absolute atomic E-state index is 0.157. The third-order valence-corrected chi connectivity index (χ3v) is 7.25. The molecule has 0 radical (unpaired) electrons. The van der Waals surface area contributed by atoms with Crippen molar-refractivity contribution in [2.45, 2.75) is 65.4 Å². The van der Waals surface area contributed by atoms with Gasteiger partial charge in [-0.1, -0.05) is 20.8 Å². The van der Waals surface area contributed by atoms with Crippen LogP contribution in [-0.4, -0.2) is 12.7 Å². The van der Waals surface area contributed by atoms with Crippen molar-refractivity contribution in [3.8, 4) is 0 Å². The van der Waals surface area contributed by atoms with Gasteiger partial charge in [-0.2, -0.15) is 0 Å². The van der Waals surface area contributed by atoms with Gasteiger partial charge in [0.25, 0.3) is 0 Å². The standard InChI is InChI=1S/C16H28O/c1-11-6-9-16-10-12(11)14(2,3)13(16)7-8-15(16,4)17-5/h11-13H,6-10H2,1-5H3/t11-,12+,13+,15-,16+/m1/s1. The van der Waals surface area contributed by atoms with E-state index in [-0.39, 0.29) is 5.60 Å². The number of hydrogen-bond donors (Lipinski definition) is 0. The maximum absolute atomic E-state index is 6.02. The van der Waals surface area contributed by atoms with Crippen LogP contribution in [0.15, 0.2) is 0 Å². The van der Waals surface area contributed by atoms with Crippen molar-refractivity contribution in [1.82, 2.24) is 0 Å². The minimum atomic E-state index is 0.157. The molecule has 0 aromatic rings. The van der Waals surface area contributed by atoms with Gasteiger partial charge in [0.05, 0.1) is 5.60 Å². The average molecular weight is 236 g/mol. The van der Waals surface area contributed by atoms with Crippen molar-refractivity contribution in [2.24, 2.45) is 28.6 Å². The fraction of sp³-hybridized carbons (Fsp3) is 1.00. The Balaban J connectivity index is 2.07. The molecular formula is C16H28O. The lowest BCUT2D eigenvalue weighted by atomic mass is 9.63. The second-order valence-corrected chi connectivity index (χ2v) is 7.83. The van der Waals surface area contributed by atoms with Gasteiger partial charge in [-0.3, -0.25) is 0 Å². The molecule has 0 saturated heterocycles. The van der Waals surface area contributed by atoms with Crippen molar-refractivity contribution in [3.63, 3.8) is 0 Å². The highest BCUT2D eigenvalue weighted by Gasteiger charge is 2.69. The highest BCUT2D eigenvalue weighted by molar-refractivity contribution is 5.19. The second-order valence-electron chi connectivity index (χ2n) is 7.83. The largest absolute Gasteiger partial charge is 0.378 e. The minimum Gasteiger partial charge on any atom is -0.378 e. The van der Waals surface area contributed by atoms with Gasteiger partial charge in [0.1, 0.15) is 0 Å². The van der Waals surface area contributed by atoms with Gasteiger partial charge in [0.2, 0.25) is 0 Å². The molecular weight excluding hydrogens is 208 g/mol. The first-order valence-electron chi connectivity index (χ1n) is 7.42. The molecule has 1 nitrogen and oxygen atoms in total. The molecule has 0 N–H and O–H groups in total. The monoisotopic (exact) mass is 236 g/mol.